The molecular weight excluding hydrogens is 1030 g/mol. The topological polar surface area (TPSA) is 443 Å². The fourth-order valence-corrected chi connectivity index (χ4v) is 7.94. The predicted molar refractivity (Wildman–Crippen MR) is 283 cm³/mol. The van der Waals surface area contributed by atoms with Gasteiger partial charge in [0.1, 0.15) is 54.9 Å². The standard InChI is InChI=1S/C51H77N13O15/c1-7-27(4)37-47(75)61-38(28(5)67)46(74)55-22-36(69)56-34(23-65)44(72)59-35(24-66)45(73)63-40(31-17-12-9-13-18-31)41(64-51(78)79-25-30-15-10-8-11-16-30)49(77)62-39(29(6)68)48(76)58-33(21-26(2)3)43(71)57-32(42(70)60-37)19-14-20-54-50(52)53/h8-13,15-18,26-29,32-35,37-41,65-68H,7,14,19-25H2,1-6H3,(H,55,74)(H,56,69)(H,57,71)(H,58,76)(H,59,72)(H,60,70)(H,61,75)(H,62,77)(H,63,73)(H,64,78)(H4,52,53,54)/t27-,28-,29+,32+,33-,34-,35?,37-,38-,39-,40+,41-/m0/s1. The van der Waals surface area contributed by atoms with E-state index in [1.807, 2.05) is 0 Å². The van der Waals surface area contributed by atoms with E-state index in [4.69, 9.17) is 15.9 Å². The van der Waals surface area contributed by atoms with Crippen molar-refractivity contribution in [2.75, 3.05) is 26.3 Å². The molecule has 28 nitrogen and oxygen atoms in total. The summed E-state index contributed by atoms with van der Waals surface area (Å²) in [4.78, 5) is 140. The number of carbonyl (C=O) groups excluding carboxylic acids is 10. The van der Waals surface area contributed by atoms with E-state index >= 15 is 0 Å². The zero-order valence-corrected chi connectivity index (χ0v) is 45.0. The lowest BCUT2D eigenvalue weighted by atomic mass is 9.96. The van der Waals surface area contributed by atoms with Crippen LogP contribution in [-0.2, 0) is 54.5 Å². The van der Waals surface area contributed by atoms with Crippen LogP contribution < -0.4 is 64.2 Å². The number of nitrogens with one attached hydrogen (secondary N) is 12. The van der Waals surface area contributed by atoms with Crippen LogP contribution in [0, 0.1) is 17.2 Å². The molecule has 0 aliphatic carbocycles. The van der Waals surface area contributed by atoms with Gasteiger partial charge in [0.05, 0.1) is 38.0 Å². The van der Waals surface area contributed by atoms with Crippen molar-refractivity contribution in [2.45, 2.75) is 140 Å². The Hall–Kier alpha value is -7.95. The Morgan fingerprint density at radius 2 is 1.14 bits per heavy atom. The third-order valence-electron chi connectivity index (χ3n) is 12.5. The van der Waals surface area contributed by atoms with Gasteiger partial charge in [0.15, 0.2) is 5.96 Å². The summed E-state index contributed by atoms with van der Waals surface area (Å²) in [6.45, 7) is 5.70. The molecule has 1 aliphatic rings. The molecule has 0 aromatic heterocycles. The minimum atomic E-state index is -1.95. The molecule has 0 saturated carbocycles. The molecule has 2 aromatic rings. The highest BCUT2D eigenvalue weighted by molar-refractivity contribution is 5.99. The minimum Gasteiger partial charge on any atom is -0.445 e. The Labute approximate surface area is 457 Å². The lowest BCUT2D eigenvalue weighted by Crippen LogP contribution is -2.63. The number of nitrogens with two attached hydrogens (primary N) is 1. The van der Waals surface area contributed by atoms with Gasteiger partial charge in [0.25, 0.3) is 0 Å². The fourth-order valence-electron chi connectivity index (χ4n) is 7.94. The molecule has 0 radical (unpaired) electrons. The summed E-state index contributed by atoms with van der Waals surface area (Å²) in [7, 11) is 0. The highest BCUT2D eigenvalue weighted by Crippen LogP contribution is 2.20. The van der Waals surface area contributed by atoms with Gasteiger partial charge >= 0.3 is 6.09 Å². The van der Waals surface area contributed by atoms with Gasteiger partial charge in [-0.25, -0.2) is 4.79 Å². The third-order valence-corrected chi connectivity index (χ3v) is 12.5. The number of benzene rings is 2. The van der Waals surface area contributed by atoms with Crippen LogP contribution >= 0.6 is 0 Å². The van der Waals surface area contributed by atoms with Gasteiger partial charge in [0.2, 0.25) is 53.2 Å². The Balaban J connectivity index is 2.23. The summed E-state index contributed by atoms with van der Waals surface area (Å²) >= 11 is 0. The number of hydrogen-bond donors (Lipinski definition) is 17. The Kier molecular flexibility index (Phi) is 27.1. The quantitative estimate of drug-likeness (QED) is 0.0430. The van der Waals surface area contributed by atoms with Crippen molar-refractivity contribution in [3.05, 3.63) is 71.8 Å². The average Bonchev–Trinajstić information content (AvgIpc) is 3.42. The second-order valence-corrected chi connectivity index (χ2v) is 19.4. The van der Waals surface area contributed by atoms with Crippen molar-refractivity contribution < 1.29 is 73.1 Å². The van der Waals surface area contributed by atoms with Gasteiger partial charge in [0, 0.05) is 6.54 Å². The summed E-state index contributed by atoms with van der Waals surface area (Å²) < 4.78 is 5.42. The Morgan fingerprint density at radius 1 is 0.646 bits per heavy atom. The largest absolute Gasteiger partial charge is 0.445 e. The van der Waals surface area contributed by atoms with E-state index in [-0.39, 0.29) is 56.3 Å². The highest BCUT2D eigenvalue weighted by atomic mass is 16.5. The van der Waals surface area contributed by atoms with Crippen LogP contribution in [0.25, 0.3) is 0 Å². The number of hydrogen-bond acceptors (Lipinski definition) is 16. The fraction of sp³-hybridized carbons (Fsp3) is 0.549. The summed E-state index contributed by atoms with van der Waals surface area (Å²) in [5, 5.41) is 76.6. The molecule has 436 valence electrons. The first kappa shape index (κ1) is 65.3. The number of ether oxygens (including phenoxy) is 1. The van der Waals surface area contributed by atoms with Crippen molar-refractivity contribution in [1.29, 1.82) is 5.41 Å². The zero-order chi connectivity index (χ0) is 58.9. The summed E-state index contributed by atoms with van der Waals surface area (Å²) in [6, 6.07) is 0.589. The van der Waals surface area contributed by atoms with Crippen LogP contribution in [0.3, 0.4) is 0 Å². The van der Waals surface area contributed by atoms with E-state index in [1.165, 1.54) is 24.3 Å². The third kappa shape index (κ3) is 21.4. The van der Waals surface area contributed by atoms with Gasteiger partial charge < -0.3 is 89.4 Å². The molecule has 0 spiro atoms. The first-order chi connectivity index (χ1) is 37.4. The maximum Gasteiger partial charge on any atom is 0.408 e. The molecule has 1 saturated heterocycles. The summed E-state index contributed by atoms with van der Waals surface area (Å²) in [5.41, 5.74) is 6.12. The number of amides is 10. The average molecular weight is 1110 g/mol. The molecule has 12 atom stereocenters. The number of aliphatic hydroxyl groups is 4. The maximum absolute atomic E-state index is 14.7. The van der Waals surface area contributed by atoms with Gasteiger partial charge in [-0.05, 0) is 56.1 Å². The van der Waals surface area contributed by atoms with Gasteiger partial charge in [-0.2, -0.15) is 0 Å². The van der Waals surface area contributed by atoms with Gasteiger partial charge in [-0.1, -0.05) is 94.8 Å². The van der Waals surface area contributed by atoms with E-state index < -0.39 is 152 Å². The maximum atomic E-state index is 14.7. The lowest BCUT2D eigenvalue weighted by Gasteiger charge is -2.32. The van der Waals surface area contributed by atoms with Crippen LogP contribution in [-0.4, -0.2) is 172 Å². The molecule has 1 heterocycles. The lowest BCUT2D eigenvalue weighted by molar-refractivity contribution is -0.137. The second kappa shape index (κ2) is 32.7. The zero-order valence-electron chi connectivity index (χ0n) is 45.0. The van der Waals surface area contributed by atoms with E-state index in [1.54, 1.807) is 64.1 Å². The minimum absolute atomic E-state index is 0.0562. The van der Waals surface area contributed by atoms with Crippen molar-refractivity contribution >= 4 is 65.2 Å². The van der Waals surface area contributed by atoms with Crippen LogP contribution in [0.4, 0.5) is 4.79 Å². The highest BCUT2D eigenvalue weighted by Gasteiger charge is 2.40. The molecule has 1 aliphatic heterocycles. The first-order valence-electron chi connectivity index (χ1n) is 25.8. The van der Waals surface area contributed by atoms with Crippen LogP contribution in [0.2, 0.25) is 0 Å². The Bertz CT molecular complexity index is 2400. The number of rotatable bonds is 16. The van der Waals surface area contributed by atoms with E-state index in [0.29, 0.717) is 5.56 Å². The number of aliphatic hydroxyl groups excluding tert-OH is 4. The molecule has 10 amide bonds. The van der Waals surface area contributed by atoms with Crippen LogP contribution in [0.5, 0.6) is 0 Å². The van der Waals surface area contributed by atoms with Gasteiger partial charge in [-0.15, -0.1) is 0 Å². The van der Waals surface area contributed by atoms with Crippen molar-refractivity contribution in [1.82, 2.24) is 58.5 Å². The number of guanidine groups is 1. The summed E-state index contributed by atoms with van der Waals surface area (Å²) in [6.07, 6.45) is -4.38. The monoisotopic (exact) mass is 1110 g/mol. The second-order valence-electron chi connectivity index (χ2n) is 19.4. The molecule has 1 unspecified atom stereocenters. The molecule has 79 heavy (non-hydrogen) atoms. The molecule has 18 N–H and O–H groups in total. The predicted octanol–water partition coefficient (Wildman–Crippen LogP) is -4.24. The smallest absolute Gasteiger partial charge is 0.408 e. The normalized spacial score (nSPS) is 25.1. The molecule has 3 rings (SSSR count). The van der Waals surface area contributed by atoms with E-state index in [9.17, 15) is 68.4 Å². The first-order valence-corrected chi connectivity index (χ1v) is 25.8. The number of alkyl carbamates (subject to hydrolysis) is 1. The number of carbonyl (C=O) groups is 10. The molecule has 1 fully saturated rings. The van der Waals surface area contributed by atoms with Gasteiger partial charge in [-0.3, -0.25) is 48.6 Å². The molecule has 28 heteroatoms. The van der Waals surface area contributed by atoms with E-state index in [0.717, 1.165) is 13.8 Å². The van der Waals surface area contributed by atoms with Crippen molar-refractivity contribution in [3.8, 4) is 0 Å². The molecular formula is C51H77N13O15. The molecule has 0 bridgehead atoms. The Morgan fingerprint density at radius 3 is 1.71 bits per heavy atom. The molecule has 2 aromatic carbocycles. The van der Waals surface area contributed by atoms with Crippen LogP contribution in [0.1, 0.15) is 84.4 Å². The summed E-state index contributed by atoms with van der Waals surface area (Å²) in [5.74, 6) is -11.1. The van der Waals surface area contributed by atoms with Crippen molar-refractivity contribution in [2.24, 2.45) is 17.6 Å². The van der Waals surface area contributed by atoms with Crippen LogP contribution in [0.15, 0.2) is 60.7 Å². The SMILES string of the molecule is CC[C@H](C)[C@@H]1NC(=O)[C@@H](CCCNC(=N)N)NC(=O)[C@H](CC(C)C)NC(=O)[C@H]([C@@H](C)O)NC(=O)[C@@H](NC(=O)OCc2ccccc2)[C@@H](c2ccccc2)NC(=O)C(CO)NC(=O)[C@H](CO)NC(=O)CNC(=O)[C@H]([C@H](C)O)NC1=O. The van der Waals surface area contributed by atoms with E-state index in [2.05, 4.69) is 58.5 Å². The van der Waals surface area contributed by atoms with Crippen molar-refractivity contribution in [3.63, 3.8) is 0 Å².